The van der Waals surface area contributed by atoms with Crippen molar-refractivity contribution in [1.82, 2.24) is 5.32 Å². The van der Waals surface area contributed by atoms with Crippen molar-refractivity contribution in [3.63, 3.8) is 0 Å². The molecular formula is C15H22ClNO. The molecule has 1 aliphatic carbocycles. The van der Waals surface area contributed by atoms with Gasteiger partial charge in [0.25, 0.3) is 0 Å². The first-order chi connectivity index (χ1) is 8.75. The Morgan fingerprint density at radius 1 is 1.33 bits per heavy atom. The van der Waals surface area contributed by atoms with Crippen LogP contribution in [-0.2, 0) is 0 Å². The molecule has 1 aromatic rings. The van der Waals surface area contributed by atoms with Crippen molar-refractivity contribution in [2.75, 3.05) is 19.7 Å². The molecule has 2 rings (SSSR count). The molecule has 0 bridgehead atoms. The summed E-state index contributed by atoms with van der Waals surface area (Å²) in [6, 6.07) is 5.76. The zero-order valence-corrected chi connectivity index (χ0v) is 11.8. The van der Waals surface area contributed by atoms with Crippen molar-refractivity contribution >= 4 is 11.6 Å². The molecule has 0 aromatic heterocycles. The summed E-state index contributed by atoms with van der Waals surface area (Å²) in [6.45, 7) is 4.78. The predicted molar refractivity (Wildman–Crippen MR) is 76.5 cm³/mol. The average molecular weight is 268 g/mol. The van der Waals surface area contributed by atoms with E-state index in [1.54, 1.807) is 0 Å². The summed E-state index contributed by atoms with van der Waals surface area (Å²) in [7, 11) is 0. The first-order valence-corrected chi connectivity index (χ1v) is 7.23. The lowest BCUT2D eigenvalue weighted by atomic mass is 10.1. The molecule has 1 fully saturated rings. The van der Waals surface area contributed by atoms with Gasteiger partial charge in [0.2, 0.25) is 0 Å². The van der Waals surface area contributed by atoms with Crippen LogP contribution in [0.3, 0.4) is 0 Å². The second-order valence-electron chi connectivity index (χ2n) is 5.11. The lowest BCUT2D eigenvalue weighted by molar-refractivity contribution is 0.307. The summed E-state index contributed by atoms with van der Waals surface area (Å²) >= 11 is 5.95. The molecule has 18 heavy (non-hydrogen) atoms. The Hall–Kier alpha value is -0.730. The summed E-state index contributed by atoms with van der Waals surface area (Å²) in [5.74, 6) is 1.78. The van der Waals surface area contributed by atoms with E-state index in [1.807, 2.05) is 25.1 Å². The number of hydrogen-bond acceptors (Lipinski definition) is 2. The smallest absolute Gasteiger partial charge is 0.123 e. The van der Waals surface area contributed by atoms with Gasteiger partial charge in [-0.15, -0.1) is 0 Å². The van der Waals surface area contributed by atoms with Gasteiger partial charge in [0.15, 0.2) is 0 Å². The number of hydrogen-bond donors (Lipinski definition) is 1. The van der Waals surface area contributed by atoms with Gasteiger partial charge in [0.1, 0.15) is 12.4 Å². The van der Waals surface area contributed by atoms with Crippen molar-refractivity contribution < 1.29 is 4.74 Å². The number of halogens is 1. The number of nitrogens with one attached hydrogen (secondary N) is 1. The number of benzene rings is 1. The van der Waals surface area contributed by atoms with E-state index in [-0.39, 0.29) is 0 Å². The van der Waals surface area contributed by atoms with E-state index in [0.717, 1.165) is 35.3 Å². The van der Waals surface area contributed by atoms with Crippen LogP contribution < -0.4 is 10.1 Å². The van der Waals surface area contributed by atoms with Crippen LogP contribution >= 0.6 is 11.6 Å². The zero-order chi connectivity index (χ0) is 12.8. The van der Waals surface area contributed by atoms with Crippen LogP contribution in [0, 0.1) is 12.8 Å². The Morgan fingerprint density at radius 2 is 2.11 bits per heavy atom. The van der Waals surface area contributed by atoms with Crippen molar-refractivity contribution in [3.05, 3.63) is 28.8 Å². The van der Waals surface area contributed by atoms with Crippen LogP contribution in [0.15, 0.2) is 18.2 Å². The van der Waals surface area contributed by atoms with Crippen LogP contribution in [0.5, 0.6) is 5.75 Å². The van der Waals surface area contributed by atoms with Crippen LogP contribution in [0.25, 0.3) is 0 Å². The highest BCUT2D eigenvalue weighted by Gasteiger charge is 2.13. The second kappa shape index (κ2) is 7.01. The number of aryl methyl sites for hydroxylation is 1. The van der Waals surface area contributed by atoms with Crippen LogP contribution in [-0.4, -0.2) is 19.7 Å². The van der Waals surface area contributed by atoms with E-state index in [0.29, 0.717) is 6.61 Å². The topological polar surface area (TPSA) is 21.3 Å². The SMILES string of the molecule is Cc1ccc(Cl)cc1OCCNCC1CCCC1. The van der Waals surface area contributed by atoms with E-state index in [9.17, 15) is 0 Å². The maximum absolute atomic E-state index is 5.95. The third kappa shape index (κ3) is 4.18. The van der Waals surface area contributed by atoms with Gasteiger partial charge in [0, 0.05) is 11.6 Å². The van der Waals surface area contributed by atoms with Crippen molar-refractivity contribution in [1.29, 1.82) is 0 Å². The summed E-state index contributed by atoms with van der Waals surface area (Å²) in [5, 5.41) is 4.20. The Balaban J connectivity index is 1.64. The van der Waals surface area contributed by atoms with Gasteiger partial charge in [-0.05, 0) is 49.9 Å². The van der Waals surface area contributed by atoms with Gasteiger partial charge < -0.3 is 10.1 Å². The Kier molecular flexibility index (Phi) is 5.33. The third-order valence-electron chi connectivity index (χ3n) is 3.59. The lowest BCUT2D eigenvalue weighted by Crippen LogP contribution is -2.26. The van der Waals surface area contributed by atoms with Crippen LogP contribution in [0.2, 0.25) is 5.02 Å². The average Bonchev–Trinajstić information content (AvgIpc) is 2.86. The molecule has 1 aromatic carbocycles. The minimum atomic E-state index is 0.702. The lowest BCUT2D eigenvalue weighted by Gasteiger charge is -2.12. The molecule has 0 heterocycles. The van der Waals surface area contributed by atoms with Crippen molar-refractivity contribution in [2.24, 2.45) is 5.92 Å². The largest absolute Gasteiger partial charge is 0.492 e. The van der Waals surface area contributed by atoms with E-state index in [1.165, 1.54) is 25.7 Å². The maximum Gasteiger partial charge on any atom is 0.123 e. The fourth-order valence-corrected chi connectivity index (χ4v) is 2.65. The normalized spacial score (nSPS) is 16.1. The zero-order valence-electron chi connectivity index (χ0n) is 11.0. The molecule has 0 atom stereocenters. The molecule has 1 N–H and O–H groups in total. The molecule has 0 unspecified atom stereocenters. The molecule has 100 valence electrons. The van der Waals surface area contributed by atoms with Crippen LogP contribution in [0.4, 0.5) is 0 Å². The molecule has 1 saturated carbocycles. The molecule has 1 aliphatic rings. The number of rotatable bonds is 6. The standard InChI is InChI=1S/C15H22ClNO/c1-12-6-7-14(16)10-15(12)18-9-8-17-11-13-4-2-3-5-13/h6-7,10,13,17H,2-5,8-9,11H2,1H3. The summed E-state index contributed by atoms with van der Waals surface area (Å²) < 4.78 is 5.74. The van der Waals surface area contributed by atoms with Gasteiger partial charge >= 0.3 is 0 Å². The Labute approximate surface area is 115 Å². The molecule has 0 spiro atoms. The Morgan fingerprint density at radius 3 is 2.89 bits per heavy atom. The monoisotopic (exact) mass is 267 g/mol. The van der Waals surface area contributed by atoms with E-state index >= 15 is 0 Å². The van der Waals surface area contributed by atoms with Crippen LogP contribution in [0.1, 0.15) is 31.2 Å². The highest BCUT2D eigenvalue weighted by molar-refractivity contribution is 6.30. The Bertz CT molecular complexity index is 375. The molecule has 0 radical (unpaired) electrons. The summed E-state index contributed by atoms with van der Waals surface area (Å²) in [4.78, 5) is 0. The minimum absolute atomic E-state index is 0.702. The minimum Gasteiger partial charge on any atom is -0.492 e. The van der Waals surface area contributed by atoms with Gasteiger partial charge in [-0.2, -0.15) is 0 Å². The summed E-state index contributed by atoms with van der Waals surface area (Å²) in [6.07, 6.45) is 5.59. The second-order valence-corrected chi connectivity index (χ2v) is 5.55. The molecular weight excluding hydrogens is 246 g/mol. The van der Waals surface area contributed by atoms with Gasteiger partial charge in [-0.3, -0.25) is 0 Å². The van der Waals surface area contributed by atoms with Crippen molar-refractivity contribution in [3.8, 4) is 5.75 Å². The fourth-order valence-electron chi connectivity index (χ4n) is 2.48. The molecule has 2 nitrogen and oxygen atoms in total. The number of ether oxygens (including phenoxy) is 1. The summed E-state index contributed by atoms with van der Waals surface area (Å²) in [5.41, 5.74) is 1.13. The molecule has 0 saturated heterocycles. The molecule has 0 amide bonds. The maximum atomic E-state index is 5.95. The fraction of sp³-hybridized carbons (Fsp3) is 0.600. The quantitative estimate of drug-likeness (QED) is 0.792. The first-order valence-electron chi connectivity index (χ1n) is 6.85. The van der Waals surface area contributed by atoms with E-state index < -0.39 is 0 Å². The first kappa shape index (κ1) is 13.7. The third-order valence-corrected chi connectivity index (χ3v) is 3.83. The van der Waals surface area contributed by atoms with E-state index in [2.05, 4.69) is 5.32 Å². The predicted octanol–water partition coefficient (Wildman–Crippen LogP) is 3.81. The van der Waals surface area contributed by atoms with Gasteiger partial charge in [-0.25, -0.2) is 0 Å². The molecule has 3 heteroatoms. The van der Waals surface area contributed by atoms with E-state index in [4.69, 9.17) is 16.3 Å². The van der Waals surface area contributed by atoms with Gasteiger partial charge in [-0.1, -0.05) is 30.5 Å². The molecule has 0 aliphatic heterocycles. The van der Waals surface area contributed by atoms with Crippen molar-refractivity contribution in [2.45, 2.75) is 32.6 Å². The highest BCUT2D eigenvalue weighted by atomic mass is 35.5. The van der Waals surface area contributed by atoms with Gasteiger partial charge in [0.05, 0.1) is 0 Å². The highest BCUT2D eigenvalue weighted by Crippen LogP contribution is 2.24.